The summed E-state index contributed by atoms with van der Waals surface area (Å²) in [6.45, 7) is 6.10. The van der Waals surface area contributed by atoms with Gasteiger partial charge in [0.1, 0.15) is 11.6 Å². The average Bonchev–Trinajstić information content (AvgIpc) is 3.66. The van der Waals surface area contributed by atoms with Crippen LogP contribution in [0.1, 0.15) is 37.6 Å². The predicted octanol–water partition coefficient (Wildman–Crippen LogP) is 3.83. The van der Waals surface area contributed by atoms with E-state index in [2.05, 4.69) is 30.4 Å². The van der Waals surface area contributed by atoms with Gasteiger partial charge in [0.2, 0.25) is 10.0 Å². The maximum Gasteiger partial charge on any atom is 0.326 e. The molecule has 0 spiro atoms. The van der Waals surface area contributed by atoms with Crippen LogP contribution in [0, 0.1) is 0 Å². The number of aryl methyl sites for hydroxylation is 1. The fourth-order valence-corrected chi connectivity index (χ4v) is 5.86. The van der Waals surface area contributed by atoms with Crippen molar-refractivity contribution in [1.82, 2.24) is 29.8 Å². The lowest BCUT2D eigenvalue weighted by molar-refractivity contribution is -0.156. The van der Waals surface area contributed by atoms with E-state index in [0.29, 0.717) is 24.6 Å². The average molecular weight is 618 g/mol. The normalized spacial score (nSPS) is 12.7. The zero-order valence-corrected chi connectivity index (χ0v) is 25.5. The molecule has 0 aliphatic rings. The molecule has 0 aliphatic carbocycles. The van der Waals surface area contributed by atoms with Crippen LogP contribution in [0.4, 0.5) is 5.95 Å². The molecular formula is C31H35N7O5S. The minimum atomic E-state index is -4.14. The Kier molecular flexibility index (Phi) is 8.97. The summed E-state index contributed by atoms with van der Waals surface area (Å²) in [5.74, 6) is -0.567. The number of esters is 1. The second-order valence-electron chi connectivity index (χ2n) is 11.3. The Morgan fingerprint density at radius 3 is 2.57 bits per heavy atom. The first-order valence-electron chi connectivity index (χ1n) is 14.2. The van der Waals surface area contributed by atoms with Crippen LogP contribution in [0.15, 0.2) is 84.1 Å². The van der Waals surface area contributed by atoms with Crippen molar-refractivity contribution < 1.29 is 22.7 Å². The number of hydrogen-bond donors (Lipinski definition) is 4. The molecule has 0 saturated heterocycles. The second-order valence-corrected chi connectivity index (χ2v) is 13.0. The first-order chi connectivity index (χ1) is 21.0. The van der Waals surface area contributed by atoms with Gasteiger partial charge in [-0.05, 0) is 68.3 Å². The van der Waals surface area contributed by atoms with E-state index in [-0.39, 0.29) is 11.4 Å². The Bertz CT molecular complexity index is 1880. The zero-order valence-electron chi connectivity index (χ0n) is 24.7. The van der Waals surface area contributed by atoms with Gasteiger partial charge in [-0.1, -0.05) is 30.3 Å². The van der Waals surface area contributed by atoms with Crippen molar-refractivity contribution in [3.05, 3.63) is 84.8 Å². The van der Waals surface area contributed by atoms with Gasteiger partial charge in [-0.2, -0.15) is 9.82 Å². The molecule has 1 amide bonds. The van der Waals surface area contributed by atoms with Crippen molar-refractivity contribution in [2.24, 2.45) is 0 Å². The molecule has 2 heterocycles. The number of aromatic amines is 1. The lowest BCUT2D eigenvalue weighted by Gasteiger charge is -2.24. The molecule has 5 aromatic rings. The molecule has 0 radical (unpaired) electrons. The number of ether oxygens (including phenoxy) is 1. The van der Waals surface area contributed by atoms with E-state index in [1.807, 2.05) is 28.9 Å². The molecule has 5 rings (SSSR count). The number of anilines is 1. The van der Waals surface area contributed by atoms with Crippen molar-refractivity contribution in [2.45, 2.75) is 50.3 Å². The van der Waals surface area contributed by atoms with Crippen molar-refractivity contribution in [2.75, 3.05) is 18.4 Å². The Morgan fingerprint density at radius 2 is 1.82 bits per heavy atom. The fourth-order valence-electron chi connectivity index (χ4n) is 4.64. The van der Waals surface area contributed by atoms with E-state index in [9.17, 15) is 18.0 Å². The number of amides is 1. The molecule has 1 atom stereocenters. The van der Waals surface area contributed by atoms with Gasteiger partial charge in [-0.25, -0.2) is 13.4 Å². The summed E-state index contributed by atoms with van der Waals surface area (Å²) in [5.41, 5.74) is 0.347. The number of benzene rings is 3. The van der Waals surface area contributed by atoms with Crippen molar-refractivity contribution in [3.8, 4) is 0 Å². The molecule has 2 aromatic heterocycles. The smallest absolute Gasteiger partial charge is 0.326 e. The van der Waals surface area contributed by atoms with Crippen LogP contribution in [0.2, 0.25) is 0 Å². The summed E-state index contributed by atoms with van der Waals surface area (Å²) >= 11 is 0. The summed E-state index contributed by atoms with van der Waals surface area (Å²) in [6.07, 6.45) is 5.92. The SMILES string of the molecule is CC(C)(C)OC(=O)[C@H](CNC(=O)c1ccc2c(cnn2CCCNc2ncc[nH]2)c1)NS(=O)(=O)c1ccc2ccccc2c1. The molecule has 0 bridgehead atoms. The lowest BCUT2D eigenvalue weighted by Crippen LogP contribution is -2.50. The number of H-pyrrole nitrogens is 1. The first kappa shape index (κ1) is 30.7. The van der Waals surface area contributed by atoms with Gasteiger partial charge in [0.15, 0.2) is 5.95 Å². The lowest BCUT2D eigenvalue weighted by atomic mass is 10.1. The Labute approximate surface area is 255 Å². The Balaban J connectivity index is 1.25. The molecule has 44 heavy (non-hydrogen) atoms. The largest absolute Gasteiger partial charge is 0.459 e. The molecule has 0 fully saturated rings. The third-order valence-electron chi connectivity index (χ3n) is 6.73. The second kappa shape index (κ2) is 12.9. The number of carbonyl (C=O) groups excluding carboxylic acids is 2. The quantitative estimate of drug-likeness (QED) is 0.121. The van der Waals surface area contributed by atoms with Crippen LogP contribution in [-0.4, -0.2) is 64.8 Å². The maximum atomic E-state index is 13.3. The Hall–Kier alpha value is -4.75. The van der Waals surface area contributed by atoms with Gasteiger partial charge in [0, 0.05) is 43.0 Å². The predicted molar refractivity (Wildman–Crippen MR) is 168 cm³/mol. The molecular weight excluding hydrogens is 582 g/mol. The topological polar surface area (TPSA) is 160 Å². The van der Waals surface area contributed by atoms with E-state index in [1.54, 1.807) is 63.6 Å². The van der Waals surface area contributed by atoms with Crippen LogP contribution in [0.5, 0.6) is 0 Å². The third-order valence-corrected chi connectivity index (χ3v) is 8.20. The van der Waals surface area contributed by atoms with Gasteiger partial charge in [-0.3, -0.25) is 14.3 Å². The van der Waals surface area contributed by atoms with Gasteiger partial charge in [0.25, 0.3) is 5.91 Å². The van der Waals surface area contributed by atoms with Gasteiger partial charge < -0.3 is 20.4 Å². The van der Waals surface area contributed by atoms with Crippen molar-refractivity contribution >= 4 is 49.5 Å². The van der Waals surface area contributed by atoms with E-state index in [1.165, 1.54) is 12.1 Å². The van der Waals surface area contributed by atoms with E-state index in [4.69, 9.17) is 4.74 Å². The highest BCUT2D eigenvalue weighted by atomic mass is 32.2. The highest BCUT2D eigenvalue weighted by molar-refractivity contribution is 7.89. The molecule has 4 N–H and O–H groups in total. The van der Waals surface area contributed by atoms with Gasteiger partial charge in [0.05, 0.1) is 16.6 Å². The van der Waals surface area contributed by atoms with Crippen LogP contribution >= 0.6 is 0 Å². The van der Waals surface area contributed by atoms with E-state index in [0.717, 1.165) is 28.1 Å². The van der Waals surface area contributed by atoms with Gasteiger partial charge >= 0.3 is 5.97 Å². The first-order valence-corrected chi connectivity index (χ1v) is 15.7. The van der Waals surface area contributed by atoms with Crippen LogP contribution in [0.25, 0.3) is 21.7 Å². The number of carbonyl (C=O) groups is 2. The van der Waals surface area contributed by atoms with Crippen molar-refractivity contribution in [1.29, 1.82) is 0 Å². The molecule has 230 valence electrons. The number of imidazole rings is 1. The summed E-state index contributed by atoms with van der Waals surface area (Å²) in [5, 5.41) is 12.7. The zero-order chi connectivity index (χ0) is 31.3. The van der Waals surface area contributed by atoms with Crippen LogP contribution < -0.4 is 15.4 Å². The number of sulfonamides is 1. The van der Waals surface area contributed by atoms with Crippen LogP contribution in [0.3, 0.4) is 0 Å². The third kappa shape index (κ3) is 7.60. The van der Waals surface area contributed by atoms with Crippen molar-refractivity contribution in [3.63, 3.8) is 0 Å². The highest BCUT2D eigenvalue weighted by Crippen LogP contribution is 2.20. The maximum absolute atomic E-state index is 13.3. The standard InChI is InChI=1S/C31H35N7O5S/c1-31(2,3)43-29(40)26(37-44(41,42)25-11-9-21-7-4-5-8-22(21)18-25)20-35-28(39)23-10-12-27-24(17-23)19-36-38(27)16-6-13-32-30-33-14-15-34-30/h4-5,7-12,14-15,17-19,26,37H,6,13,16,20H2,1-3H3,(H,35,39)(H2,32,33,34)/t26-/m0/s1. The summed E-state index contributed by atoms with van der Waals surface area (Å²) < 4.78 is 36.4. The molecule has 0 aliphatic heterocycles. The minimum Gasteiger partial charge on any atom is -0.459 e. The summed E-state index contributed by atoms with van der Waals surface area (Å²) in [4.78, 5) is 33.3. The number of nitrogens with one attached hydrogen (secondary N) is 4. The fraction of sp³-hybridized carbons (Fsp3) is 0.290. The number of hydrogen-bond acceptors (Lipinski definition) is 8. The number of aromatic nitrogens is 4. The molecule has 12 nitrogen and oxygen atoms in total. The highest BCUT2D eigenvalue weighted by Gasteiger charge is 2.30. The molecule has 13 heteroatoms. The van der Waals surface area contributed by atoms with Gasteiger partial charge in [-0.15, -0.1) is 0 Å². The Morgan fingerprint density at radius 1 is 1.02 bits per heavy atom. The summed E-state index contributed by atoms with van der Waals surface area (Å²) in [7, 11) is -4.14. The van der Waals surface area contributed by atoms with E-state index < -0.39 is 33.5 Å². The molecule has 0 unspecified atom stereocenters. The number of nitrogens with zero attached hydrogens (tertiary/aromatic N) is 3. The number of rotatable bonds is 12. The molecule has 0 saturated carbocycles. The summed E-state index contributed by atoms with van der Waals surface area (Å²) in [6, 6.07) is 15.9. The number of fused-ring (bicyclic) bond motifs is 2. The monoisotopic (exact) mass is 617 g/mol. The van der Waals surface area contributed by atoms with Crippen LogP contribution in [-0.2, 0) is 26.1 Å². The minimum absolute atomic E-state index is 0.00436. The van der Waals surface area contributed by atoms with E-state index >= 15 is 0 Å². The molecule has 3 aromatic carbocycles.